The van der Waals surface area contributed by atoms with E-state index in [2.05, 4.69) is 17.6 Å². The summed E-state index contributed by atoms with van der Waals surface area (Å²) in [6.07, 6.45) is 3.25. The lowest BCUT2D eigenvalue weighted by Gasteiger charge is -2.21. The Kier molecular flexibility index (Phi) is 5.06. The predicted octanol–water partition coefficient (Wildman–Crippen LogP) is 3.04. The van der Waals surface area contributed by atoms with Crippen LogP contribution in [0.1, 0.15) is 43.5 Å². The predicted molar refractivity (Wildman–Crippen MR) is 82.2 cm³/mol. The molecule has 4 nitrogen and oxygen atoms in total. The molecule has 2 rings (SSSR count). The molecule has 1 aromatic rings. The molecule has 0 aromatic heterocycles. The van der Waals surface area contributed by atoms with Crippen molar-refractivity contribution in [3.05, 3.63) is 23.8 Å². The van der Waals surface area contributed by atoms with Gasteiger partial charge in [0.1, 0.15) is 0 Å². The summed E-state index contributed by atoms with van der Waals surface area (Å²) in [6.45, 7) is 4.70. The molecule has 0 aliphatic carbocycles. The number of unbranched alkanes of at least 4 members (excludes halogenated alkanes) is 2. The third-order valence-corrected chi connectivity index (χ3v) is 4.42. The molecule has 0 radical (unpaired) electrons. The Morgan fingerprint density at radius 2 is 2.20 bits per heavy atom. The highest BCUT2D eigenvalue weighted by atomic mass is 32.2. The van der Waals surface area contributed by atoms with Crippen LogP contribution < -0.4 is 10.6 Å². The van der Waals surface area contributed by atoms with Gasteiger partial charge in [-0.25, -0.2) is 0 Å². The number of nitrogens with one attached hydrogen (secondary N) is 2. The Labute approximate surface area is 123 Å². The van der Waals surface area contributed by atoms with Gasteiger partial charge in [0.05, 0.1) is 10.9 Å². The molecule has 0 bridgehead atoms. The van der Waals surface area contributed by atoms with Crippen molar-refractivity contribution in [3.8, 4) is 0 Å². The fourth-order valence-corrected chi connectivity index (χ4v) is 2.96. The number of carbonyl (C=O) groups excluding carboxylic acids is 2. The van der Waals surface area contributed by atoms with Gasteiger partial charge in [0.15, 0.2) is 0 Å². The Bertz CT molecular complexity index is 517. The van der Waals surface area contributed by atoms with Crippen LogP contribution in [0, 0.1) is 0 Å². The van der Waals surface area contributed by atoms with Crippen LogP contribution in [0.4, 0.5) is 5.69 Å². The number of anilines is 1. The first-order chi connectivity index (χ1) is 9.61. The van der Waals surface area contributed by atoms with Crippen LogP contribution in [0.5, 0.6) is 0 Å². The molecule has 1 aromatic carbocycles. The maximum Gasteiger partial charge on any atom is 0.251 e. The van der Waals surface area contributed by atoms with Gasteiger partial charge in [0, 0.05) is 17.0 Å². The zero-order valence-corrected chi connectivity index (χ0v) is 12.7. The van der Waals surface area contributed by atoms with Gasteiger partial charge < -0.3 is 10.6 Å². The third-order valence-electron chi connectivity index (χ3n) is 3.24. The lowest BCUT2D eigenvalue weighted by Crippen LogP contribution is -2.28. The van der Waals surface area contributed by atoms with E-state index in [1.807, 2.05) is 19.1 Å². The third kappa shape index (κ3) is 3.54. The van der Waals surface area contributed by atoms with Gasteiger partial charge in [-0.15, -0.1) is 11.8 Å². The van der Waals surface area contributed by atoms with Crippen LogP contribution in [0.3, 0.4) is 0 Å². The SMILES string of the molecule is CCCCCNC(=O)c1ccc2c(c1)NC(=O)C(C)S2. The molecule has 108 valence electrons. The maximum absolute atomic E-state index is 12.0. The van der Waals surface area contributed by atoms with E-state index in [0.29, 0.717) is 12.1 Å². The summed E-state index contributed by atoms with van der Waals surface area (Å²) in [5.41, 5.74) is 1.33. The normalized spacial score (nSPS) is 17.3. The number of benzene rings is 1. The van der Waals surface area contributed by atoms with Gasteiger partial charge in [-0.05, 0) is 31.5 Å². The largest absolute Gasteiger partial charge is 0.352 e. The Morgan fingerprint density at radius 3 is 2.95 bits per heavy atom. The van der Waals surface area contributed by atoms with Gasteiger partial charge in [-0.2, -0.15) is 0 Å². The molecule has 1 unspecified atom stereocenters. The number of thioether (sulfide) groups is 1. The summed E-state index contributed by atoms with van der Waals surface area (Å²) in [6, 6.07) is 5.46. The topological polar surface area (TPSA) is 58.2 Å². The van der Waals surface area contributed by atoms with E-state index >= 15 is 0 Å². The van der Waals surface area contributed by atoms with Crippen LogP contribution in [-0.2, 0) is 4.79 Å². The zero-order valence-electron chi connectivity index (χ0n) is 11.9. The fraction of sp³-hybridized carbons (Fsp3) is 0.467. The Morgan fingerprint density at radius 1 is 1.40 bits per heavy atom. The molecule has 2 amide bonds. The van der Waals surface area contributed by atoms with Crippen LogP contribution >= 0.6 is 11.8 Å². The monoisotopic (exact) mass is 292 g/mol. The molecule has 1 atom stereocenters. The Balaban J connectivity index is 2.02. The average molecular weight is 292 g/mol. The summed E-state index contributed by atoms with van der Waals surface area (Å²) in [5, 5.41) is 5.66. The highest BCUT2D eigenvalue weighted by Crippen LogP contribution is 2.35. The lowest BCUT2D eigenvalue weighted by molar-refractivity contribution is -0.115. The number of rotatable bonds is 5. The molecule has 0 fully saturated rings. The van der Waals surface area contributed by atoms with Gasteiger partial charge in [-0.1, -0.05) is 19.8 Å². The van der Waals surface area contributed by atoms with Crippen LogP contribution in [0.2, 0.25) is 0 Å². The van der Waals surface area contributed by atoms with E-state index in [4.69, 9.17) is 0 Å². The van der Waals surface area contributed by atoms with E-state index in [1.165, 1.54) is 11.8 Å². The molecule has 2 N–H and O–H groups in total. The van der Waals surface area contributed by atoms with Crippen molar-refractivity contribution in [2.75, 3.05) is 11.9 Å². The minimum Gasteiger partial charge on any atom is -0.352 e. The highest BCUT2D eigenvalue weighted by molar-refractivity contribution is 8.00. The molecule has 0 spiro atoms. The number of carbonyl (C=O) groups is 2. The van der Waals surface area contributed by atoms with Crippen molar-refractivity contribution in [2.24, 2.45) is 0 Å². The first kappa shape index (κ1) is 14.9. The summed E-state index contributed by atoms with van der Waals surface area (Å²) in [5.74, 6) is -0.0928. The van der Waals surface area contributed by atoms with Crippen molar-refractivity contribution < 1.29 is 9.59 Å². The summed E-state index contributed by atoms with van der Waals surface area (Å²) >= 11 is 1.52. The van der Waals surface area contributed by atoms with Crippen molar-refractivity contribution in [1.29, 1.82) is 0 Å². The van der Waals surface area contributed by atoms with Gasteiger partial charge in [0.2, 0.25) is 5.91 Å². The smallest absolute Gasteiger partial charge is 0.251 e. The summed E-state index contributed by atoms with van der Waals surface area (Å²) < 4.78 is 0. The molecular formula is C15H20N2O2S. The van der Waals surface area contributed by atoms with Gasteiger partial charge >= 0.3 is 0 Å². The maximum atomic E-state index is 12.0. The molecule has 20 heavy (non-hydrogen) atoms. The summed E-state index contributed by atoms with van der Waals surface area (Å²) in [4.78, 5) is 24.7. The van der Waals surface area contributed by atoms with Gasteiger partial charge in [0.25, 0.3) is 5.91 Å². The van der Waals surface area contributed by atoms with E-state index < -0.39 is 0 Å². The minimum atomic E-state index is -0.0868. The Hall–Kier alpha value is -1.49. The number of hydrogen-bond donors (Lipinski definition) is 2. The van der Waals surface area contributed by atoms with Crippen molar-refractivity contribution in [2.45, 2.75) is 43.3 Å². The van der Waals surface area contributed by atoms with Gasteiger partial charge in [-0.3, -0.25) is 9.59 Å². The lowest BCUT2D eigenvalue weighted by atomic mass is 10.1. The minimum absolute atomic E-state index is 0.0111. The van der Waals surface area contributed by atoms with Crippen molar-refractivity contribution in [3.63, 3.8) is 0 Å². The average Bonchev–Trinajstić information content (AvgIpc) is 2.44. The summed E-state index contributed by atoms with van der Waals surface area (Å²) in [7, 11) is 0. The molecule has 1 aliphatic heterocycles. The van der Waals surface area contributed by atoms with E-state index in [-0.39, 0.29) is 17.1 Å². The molecular weight excluding hydrogens is 272 g/mol. The molecule has 5 heteroatoms. The molecule has 1 aliphatic rings. The van der Waals surface area contributed by atoms with Crippen LogP contribution in [0.15, 0.2) is 23.1 Å². The van der Waals surface area contributed by atoms with Crippen LogP contribution in [-0.4, -0.2) is 23.6 Å². The standard InChI is InChI=1S/C15H20N2O2S/c1-3-4-5-8-16-15(19)11-6-7-13-12(9-11)17-14(18)10(2)20-13/h6-7,9-10H,3-5,8H2,1-2H3,(H,16,19)(H,17,18). The molecule has 0 saturated carbocycles. The van der Waals surface area contributed by atoms with Crippen molar-refractivity contribution >= 4 is 29.3 Å². The van der Waals surface area contributed by atoms with Crippen LogP contribution in [0.25, 0.3) is 0 Å². The second kappa shape index (κ2) is 6.79. The van der Waals surface area contributed by atoms with E-state index in [9.17, 15) is 9.59 Å². The number of amides is 2. The molecule has 1 heterocycles. The molecule has 0 saturated heterocycles. The zero-order chi connectivity index (χ0) is 14.5. The highest BCUT2D eigenvalue weighted by Gasteiger charge is 2.23. The van der Waals surface area contributed by atoms with E-state index in [0.717, 1.165) is 29.8 Å². The second-order valence-electron chi connectivity index (χ2n) is 4.92. The second-order valence-corrected chi connectivity index (χ2v) is 6.31. The quantitative estimate of drug-likeness (QED) is 0.820. The number of hydrogen-bond acceptors (Lipinski definition) is 3. The fourth-order valence-electron chi connectivity index (χ4n) is 2.03. The first-order valence-electron chi connectivity index (χ1n) is 7.01. The van der Waals surface area contributed by atoms with E-state index in [1.54, 1.807) is 6.07 Å². The first-order valence-corrected chi connectivity index (χ1v) is 7.89. The number of fused-ring (bicyclic) bond motifs is 1. The van der Waals surface area contributed by atoms with Crippen molar-refractivity contribution in [1.82, 2.24) is 5.32 Å².